The fraction of sp³-hybridized carbons (Fsp3) is 0.412. The molecule has 1 aromatic carbocycles. The van der Waals surface area contributed by atoms with Gasteiger partial charge in [-0.3, -0.25) is 4.79 Å². The topological polar surface area (TPSA) is 66.8 Å². The lowest BCUT2D eigenvalue weighted by Crippen LogP contribution is -2.44. The minimum Gasteiger partial charge on any atom is -0.480 e. The fourth-order valence-electron chi connectivity index (χ4n) is 3.07. The summed E-state index contributed by atoms with van der Waals surface area (Å²) in [6.07, 6.45) is 0.927. The number of carboxylic acid groups (broad SMARTS) is 1. The quantitative estimate of drug-likeness (QED) is 0.918. The lowest BCUT2D eigenvalue weighted by molar-refractivity contribution is -0.149. The van der Waals surface area contributed by atoms with E-state index in [9.17, 15) is 14.7 Å². The number of nitrogens with zero attached hydrogens (tertiary/aromatic N) is 1. The van der Waals surface area contributed by atoms with Crippen LogP contribution in [0.2, 0.25) is 5.02 Å². The summed E-state index contributed by atoms with van der Waals surface area (Å²) < 4.78 is 5.73. The number of carbonyl (C=O) groups excluding carboxylic acids is 1. The van der Waals surface area contributed by atoms with Crippen molar-refractivity contribution in [2.45, 2.75) is 32.7 Å². The summed E-state index contributed by atoms with van der Waals surface area (Å²) in [7, 11) is 0. The van der Waals surface area contributed by atoms with Crippen molar-refractivity contribution in [2.75, 3.05) is 6.54 Å². The lowest BCUT2D eigenvalue weighted by Gasteiger charge is -2.25. The molecule has 0 spiro atoms. The minimum atomic E-state index is -0.984. The smallest absolute Gasteiger partial charge is 0.326 e. The number of hydrogen-bond donors (Lipinski definition) is 1. The monoisotopic (exact) mass is 335 g/mol. The number of benzene rings is 1. The van der Waals surface area contributed by atoms with Gasteiger partial charge in [-0.25, -0.2) is 4.79 Å². The van der Waals surface area contributed by atoms with Gasteiger partial charge in [0.05, 0.1) is 0 Å². The molecule has 1 amide bonds. The summed E-state index contributed by atoms with van der Waals surface area (Å²) in [6, 6.07) is 4.48. The minimum absolute atomic E-state index is 0.175. The molecular formula is C17H18ClNO4. The number of fused-ring (bicyclic) bond motifs is 1. The van der Waals surface area contributed by atoms with Crippen LogP contribution in [0.3, 0.4) is 0 Å². The predicted molar refractivity (Wildman–Crippen MR) is 85.4 cm³/mol. The third-order valence-electron chi connectivity index (χ3n) is 4.17. The largest absolute Gasteiger partial charge is 0.480 e. The molecule has 1 atom stereocenters. The molecular weight excluding hydrogens is 318 g/mol. The molecule has 2 aliphatic rings. The molecule has 6 heteroatoms. The van der Waals surface area contributed by atoms with E-state index in [0.29, 0.717) is 23.6 Å². The predicted octanol–water partition coefficient (Wildman–Crippen LogP) is 2.87. The average Bonchev–Trinajstić information content (AvgIpc) is 2.80. The van der Waals surface area contributed by atoms with Crippen LogP contribution in [0.1, 0.15) is 25.8 Å². The van der Waals surface area contributed by atoms with Crippen LogP contribution in [0.25, 0.3) is 0 Å². The van der Waals surface area contributed by atoms with Crippen LogP contribution in [-0.2, 0) is 16.0 Å². The molecule has 2 heterocycles. The first-order valence-electron chi connectivity index (χ1n) is 7.59. The maximum atomic E-state index is 12.6. The van der Waals surface area contributed by atoms with E-state index in [-0.39, 0.29) is 24.1 Å². The van der Waals surface area contributed by atoms with Crippen LogP contribution in [0.4, 0.5) is 0 Å². The van der Waals surface area contributed by atoms with E-state index in [1.165, 1.54) is 4.90 Å². The highest BCUT2D eigenvalue weighted by Crippen LogP contribution is 2.38. The van der Waals surface area contributed by atoms with Gasteiger partial charge >= 0.3 is 5.97 Å². The maximum absolute atomic E-state index is 12.6. The van der Waals surface area contributed by atoms with Crippen LogP contribution in [0.15, 0.2) is 29.5 Å². The summed E-state index contributed by atoms with van der Waals surface area (Å²) in [4.78, 5) is 25.6. The molecule has 0 saturated carbocycles. The van der Waals surface area contributed by atoms with Gasteiger partial charge in [0.1, 0.15) is 11.8 Å². The van der Waals surface area contributed by atoms with E-state index >= 15 is 0 Å². The first kappa shape index (κ1) is 15.9. The van der Waals surface area contributed by atoms with Crippen molar-refractivity contribution in [1.29, 1.82) is 0 Å². The third-order valence-corrected chi connectivity index (χ3v) is 4.53. The van der Waals surface area contributed by atoms with Crippen LogP contribution in [0, 0.1) is 5.92 Å². The van der Waals surface area contributed by atoms with Gasteiger partial charge < -0.3 is 14.7 Å². The van der Waals surface area contributed by atoms with Gasteiger partial charge in [-0.05, 0) is 24.5 Å². The Kier molecular flexibility index (Phi) is 4.06. The first-order chi connectivity index (χ1) is 10.9. The zero-order valence-corrected chi connectivity index (χ0v) is 13.8. The number of halogens is 1. The zero-order chi connectivity index (χ0) is 16.7. The van der Waals surface area contributed by atoms with Crippen molar-refractivity contribution in [3.05, 3.63) is 40.1 Å². The van der Waals surface area contributed by atoms with E-state index < -0.39 is 12.0 Å². The fourth-order valence-corrected chi connectivity index (χ4v) is 3.30. The molecule has 122 valence electrons. The SMILES string of the molecule is CC(C)C[C@@H](C(=O)O)N1CC2=C(Oc3cccc(Cl)c3C2)C1=O. The van der Waals surface area contributed by atoms with E-state index in [0.717, 1.165) is 11.1 Å². The number of rotatable bonds is 4. The van der Waals surface area contributed by atoms with Crippen molar-refractivity contribution >= 4 is 23.5 Å². The Morgan fingerprint density at radius 2 is 2.17 bits per heavy atom. The van der Waals surface area contributed by atoms with Crippen molar-refractivity contribution in [3.63, 3.8) is 0 Å². The lowest BCUT2D eigenvalue weighted by atomic mass is 10.0. The summed E-state index contributed by atoms with van der Waals surface area (Å²) in [5.41, 5.74) is 1.64. The molecule has 3 rings (SSSR count). The van der Waals surface area contributed by atoms with Crippen molar-refractivity contribution in [1.82, 2.24) is 4.90 Å². The van der Waals surface area contributed by atoms with Gasteiger partial charge in [0.25, 0.3) is 5.91 Å². The van der Waals surface area contributed by atoms with E-state index in [1.807, 2.05) is 13.8 Å². The van der Waals surface area contributed by atoms with Gasteiger partial charge in [-0.2, -0.15) is 0 Å². The normalized spacial score (nSPS) is 17.9. The Morgan fingerprint density at radius 3 is 2.83 bits per heavy atom. The van der Waals surface area contributed by atoms with Gasteiger partial charge in [0, 0.05) is 29.1 Å². The molecule has 0 bridgehead atoms. The second kappa shape index (κ2) is 5.89. The molecule has 5 nitrogen and oxygen atoms in total. The Hall–Kier alpha value is -2.01. The molecule has 2 aliphatic heterocycles. The van der Waals surface area contributed by atoms with Gasteiger partial charge in [0.2, 0.25) is 0 Å². The Labute approximate surface area is 139 Å². The first-order valence-corrected chi connectivity index (χ1v) is 7.97. The number of carbonyl (C=O) groups is 2. The van der Waals surface area contributed by atoms with E-state index in [2.05, 4.69) is 0 Å². The van der Waals surface area contributed by atoms with Crippen LogP contribution in [0.5, 0.6) is 5.75 Å². The molecule has 0 radical (unpaired) electrons. The van der Waals surface area contributed by atoms with Crippen molar-refractivity contribution in [2.24, 2.45) is 5.92 Å². The van der Waals surface area contributed by atoms with Crippen molar-refractivity contribution < 1.29 is 19.4 Å². The Balaban J connectivity index is 1.87. The van der Waals surface area contributed by atoms with Gasteiger partial charge in [-0.15, -0.1) is 0 Å². The number of hydrogen-bond acceptors (Lipinski definition) is 3. The molecule has 1 aromatic rings. The average molecular weight is 336 g/mol. The number of ether oxygens (including phenoxy) is 1. The van der Waals surface area contributed by atoms with Gasteiger partial charge in [0.15, 0.2) is 5.76 Å². The highest BCUT2D eigenvalue weighted by atomic mass is 35.5. The van der Waals surface area contributed by atoms with Crippen LogP contribution >= 0.6 is 11.6 Å². The van der Waals surface area contributed by atoms with Crippen LogP contribution < -0.4 is 4.74 Å². The van der Waals surface area contributed by atoms with Crippen LogP contribution in [-0.4, -0.2) is 34.5 Å². The maximum Gasteiger partial charge on any atom is 0.326 e. The summed E-state index contributed by atoms with van der Waals surface area (Å²) in [6.45, 7) is 4.16. The Morgan fingerprint density at radius 1 is 1.43 bits per heavy atom. The standard InChI is InChI=1S/C17H18ClNO4/c1-9(2)6-13(17(21)22)19-8-10-7-11-12(18)4-3-5-14(11)23-15(10)16(19)20/h3-5,9,13H,6-8H2,1-2H3,(H,21,22)/t13-/m0/s1. The summed E-state index contributed by atoms with van der Waals surface area (Å²) in [5, 5.41) is 10.1. The molecule has 0 unspecified atom stereocenters. The van der Waals surface area contributed by atoms with Crippen molar-refractivity contribution in [3.8, 4) is 5.75 Å². The number of amides is 1. The summed E-state index contributed by atoms with van der Waals surface area (Å²) >= 11 is 6.19. The number of aliphatic carboxylic acids is 1. The highest BCUT2D eigenvalue weighted by Gasteiger charge is 2.41. The Bertz CT molecular complexity index is 711. The second-order valence-corrected chi connectivity index (χ2v) is 6.75. The molecule has 0 saturated heterocycles. The molecule has 0 aliphatic carbocycles. The molecule has 23 heavy (non-hydrogen) atoms. The highest BCUT2D eigenvalue weighted by molar-refractivity contribution is 6.31. The second-order valence-electron chi connectivity index (χ2n) is 6.34. The zero-order valence-electron chi connectivity index (χ0n) is 13.0. The summed E-state index contributed by atoms with van der Waals surface area (Å²) in [5.74, 6) is -0.327. The van der Waals surface area contributed by atoms with E-state index in [4.69, 9.17) is 16.3 Å². The third kappa shape index (κ3) is 2.81. The van der Waals surface area contributed by atoms with Gasteiger partial charge in [-0.1, -0.05) is 31.5 Å². The molecule has 1 N–H and O–H groups in total. The van der Waals surface area contributed by atoms with E-state index in [1.54, 1.807) is 18.2 Å². The number of carboxylic acids is 1. The molecule has 0 fully saturated rings. The molecule has 0 aromatic heterocycles.